The summed E-state index contributed by atoms with van der Waals surface area (Å²) in [5.41, 5.74) is 1.91. The molecule has 1 aliphatic rings. The summed E-state index contributed by atoms with van der Waals surface area (Å²) in [6.07, 6.45) is 3.88. The summed E-state index contributed by atoms with van der Waals surface area (Å²) in [7, 11) is 5.29. The molecule has 0 saturated carbocycles. The summed E-state index contributed by atoms with van der Waals surface area (Å²) in [6, 6.07) is 22.9. The lowest BCUT2D eigenvalue weighted by Crippen LogP contribution is -2.57. The third-order valence-corrected chi connectivity index (χ3v) is 8.67. The van der Waals surface area contributed by atoms with Crippen molar-refractivity contribution in [2.45, 2.75) is 57.2 Å². The molecule has 1 N–H and O–H groups in total. The number of nitrogens with one attached hydrogen (secondary N) is 1. The van der Waals surface area contributed by atoms with Crippen LogP contribution in [0.4, 0.5) is 0 Å². The molecule has 0 spiro atoms. The lowest BCUT2D eigenvalue weighted by Gasteiger charge is -2.36. The Kier molecular flexibility index (Phi) is 11.7. The highest BCUT2D eigenvalue weighted by atomic mass is 16.5. The molecule has 0 bridgehead atoms. The quantitative estimate of drug-likeness (QED) is 0.310. The van der Waals surface area contributed by atoms with Crippen LogP contribution in [0.15, 0.2) is 72.8 Å². The van der Waals surface area contributed by atoms with E-state index in [1.165, 1.54) is 13.5 Å². The molecule has 0 aromatic heterocycles. The average molecular weight is 587 g/mol. The maximum absolute atomic E-state index is 14.4. The van der Waals surface area contributed by atoms with Gasteiger partial charge >= 0.3 is 0 Å². The van der Waals surface area contributed by atoms with Gasteiger partial charge in [0.1, 0.15) is 18.7 Å². The molecule has 230 valence electrons. The maximum Gasteiger partial charge on any atom is 0.249 e. The predicted octanol–water partition coefficient (Wildman–Crippen LogP) is 3.92. The van der Waals surface area contributed by atoms with Crippen molar-refractivity contribution >= 4 is 28.5 Å². The fourth-order valence-corrected chi connectivity index (χ4v) is 6.15. The Balaban J connectivity index is 1.59. The zero-order valence-electron chi connectivity index (χ0n) is 26.0. The van der Waals surface area contributed by atoms with Gasteiger partial charge in [-0.25, -0.2) is 0 Å². The van der Waals surface area contributed by atoms with E-state index in [1.54, 1.807) is 16.8 Å². The molecule has 8 heteroatoms. The molecule has 43 heavy (non-hydrogen) atoms. The molecule has 1 heterocycles. The van der Waals surface area contributed by atoms with Crippen molar-refractivity contribution in [2.75, 3.05) is 47.4 Å². The minimum atomic E-state index is -0.794. The van der Waals surface area contributed by atoms with Gasteiger partial charge in [0.25, 0.3) is 0 Å². The molecular weight excluding hydrogens is 540 g/mol. The van der Waals surface area contributed by atoms with Crippen molar-refractivity contribution in [3.63, 3.8) is 0 Å². The molecule has 0 radical (unpaired) electrons. The first kappa shape index (κ1) is 32.2. The third kappa shape index (κ3) is 8.42. The molecule has 3 aromatic rings. The zero-order chi connectivity index (χ0) is 30.8. The molecule has 3 amide bonds. The first-order valence-corrected chi connectivity index (χ1v) is 15.4. The van der Waals surface area contributed by atoms with Gasteiger partial charge in [-0.05, 0) is 61.7 Å². The number of nitrogens with zero attached hydrogens (tertiary/aromatic N) is 3. The van der Waals surface area contributed by atoms with Crippen molar-refractivity contribution in [3.8, 4) is 0 Å². The average Bonchev–Trinajstić information content (AvgIpc) is 3.43. The Bertz CT molecular complexity index is 1360. The molecule has 1 saturated heterocycles. The first-order chi connectivity index (χ1) is 20.8. The van der Waals surface area contributed by atoms with E-state index in [1.807, 2.05) is 73.7 Å². The van der Waals surface area contributed by atoms with E-state index in [9.17, 15) is 14.4 Å². The van der Waals surface area contributed by atoms with E-state index in [4.69, 9.17) is 4.74 Å². The Morgan fingerprint density at radius 1 is 0.953 bits per heavy atom. The topological polar surface area (TPSA) is 82.2 Å². The van der Waals surface area contributed by atoms with E-state index in [0.717, 1.165) is 41.3 Å². The number of methoxy groups -OCH3 is 1. The molecule has 1 fully saturated rings. The highest BCUT2D eigenvalue weighted by Crippen LogP contribution is 2.21. The molecule has 4 rings (SSSR count). The Labute approximate surface area is 256 Å². The van der Waals surface area contributed by atoms with Crippen LogP contribution in [0.25, 0.3) is 10.8 Å². The van der Waals surface area contributed by atoms with Gasteiger partial charge in [0, 0.05) is 46.1 Å². The van der Waals surface area contributed by atoms with Crippen molar-refractivity contribution in [1.29, 1.82) is 0 Å². The van der Waals surface area contributed by atoms with Crippen LogP contribution >= 0.6 is 0 Å². The Morgan fingerprint density at radius 3 is 2.33 bits per heavy atom. The van der Waals surface area contributed by atoms with Crippen LogP contribution in [0.2, 0.25) is 0 Å². The lowest BCUT2D eigenvalue weighted by atomic mass is 9.98. The molecule has 3 atom stereocenters. The lowest BCUT2D eigenvalue weighted by molar-refractivity contribution is -0.149. The van der Waals surface area contributed by atoms with Gasteiger partial charge in [0.05, 0.1) is 0 Å². The van der Waals surface area contributed by atoms with Crippen LogP contribution in [0.1, 0.15) is 37.3 Å². The third-order valence-electron chi connectivity index (χ3n) is 8.67. The monoisotopic (exact) mass is 586 g/mol. The van der Waals surface area contributed by atoms with Crippen LogP contribution in [0.5, 0.6) is 0 Å². The van der Waals surface area contributed by atoms with Crippen molar-refractivity contribution < 1.29 is 19.1 Å². The molecule has 0 aliphatic carbocycles. The van der Waals surface area contributed by atoms with Gasteiger partial charge in [0.15, 0.2) is 0 Å². The molecule has 3 aromatic carbocycles. The minimum absolute atomic E-state index is 0.122. The summed E-state index contributed by atoms with van der Waals surface area (Å²) in [5, 5.41) is 5.30. The number of likely N-dealkylation sites (N-methyl/N-ethyl adjacent to an activating group) is 2. The number of benzene rings is 3. The molecule has 1 aliphatic heterocycles. The van der Waals surface area contributed by atoms with Crippen LogP contribution in [-0.2, 0) is 32.0 Å². The smallest absolute Gasteiger partial charge is 0.249 e. The van der Waals surface area contributed by atoms with E-state index in [2.05, 4.69) is 23.3 Å². The predicted molar refractivity (Wildman–Crippen MR) is 171 cm³/mol. The maximum atomic E-state index is 14.4. The van der Waals surface area contributed by atoms with Gasteiger partial charge in [-0.1, -0.05) is 72.8 Å². The van der Waals surface area contributed by atoms with Crippen molar-refractivity contribution in [1.82, 2.24) is 20.0 Å². The summed E-state index contributed by atoms with van der Waals surface area (Å²) >= 11 is 0. The second kappa shape index (κ2) is 15.6. The van der Waals surface area contributed by atoms with Gasteiger partial charge in [-0.3, -0.25) is 14.4 Å². The molecule has 1 unspecified atom stereocenters. The Morgan fingerprint density at radius 2 is 1.65 bits per heavy atom. The summed E-state index contributed by atoms with van der Waals surface area (Å²) < 4.78 is 5.16. The first-order valence-electron chi connectivity index (χ1n) is 15.4. The van der Waals surface area contributed by atoms with Crippen LogP contribution in [0.3, 0.4) is 0 Å². The van der Waals surface area contributed by atoms with Crippen molar-refractivity contribution in [2.24, 2.45) is 0 Å². The number of ether oxygens (including phenoxy) is 1. The number of carbonyl (C=O) groups is 3. The largest absolute Gasteiger partial charge is 0.375 e. The minimum Gasteiger partial charge on any atom is -0.375 e. The highest BCUT2D eigenvalue weighted by Gasteiger charge is 2.36. The van der Waals surface area contributed by atoms with Gasteiger partial charge in [0.2, 0.25) is 17.7 Å². The van der Waals surface area contributed by atoms with E-state index < -0.39 is 12.1 Å². The number of rotatable bonds is 14. The summed E-state index contributed by atoms with van der Waals surface area (Å²) in [6.45, 7) is 3.71. The zero-order valence-corrected chi connectivity index (χ0v) is 26.0. The number of hydrogen-bond donors (Lipinski definition) is 1. The summed E-state index contributed by atoms with van der Waals surface area (Å²) in [5.74, 6) is -0.718. The summed E-state index contributed by atoms with van der Waals surface area (Å²) in [4.78, 5) is 46.8. The van der Waals surface area contributed by atoms with E-state index >= 15 is 0 Å². The number of carbonyl (C=O) groups excluding carboxylic acids is 3. The fourth-order valence-electron chi connectivity index (χ4n) is 6.15. The number of amides is 3. The van der Waals surface area contributed by atoms with Gasteiger partial charge in [-0.15, -0.1) is 0 Å². The van der Waals surface area contributed by atoms with Crippen LogP contribution < -0.4 is 5.32 Å². The van der Waals surface area contributed by atoms with Crippen molar-refractivity contribution in [3.05, 3.63) is 83.9 Å². The van der Waals surface area contributed by atoms with E-state index in [0.29, 0.717) is 32.0 Å². The fraction of sp³-hybridized carbons (Fsp3) is 0.457. The van der Waals surface area contributed by atoms with Gasteiger partial charge < -0.3 is 24.8 Å². The molecular formula is C35H46N4O4. The number of fused-ring (bicyclic) bond motifs is 1. The SMILES string of the molecule is CCN(C(=O)COC)[C@H](Cc1ccc2ccccc2c1)C(=O)N(C)[C@H](Cc1ccccc1)C(=O)NCCC1CCCN1C. The highest BCUT2D eigenvalue weighted by molar-refractivity contribution is 5.93. The van der Waals surface area contributed by atoms with Gasteiger partial charge in [-0.2, -0.15) is 0 Å². The second-order valence-corrected chi connectivity index (χ2v) is 11.5. The van der Waals surface area contributed by atoms with Crippen LogP contribution in [-0.4, -0.2) is 98.0 Å². The number of hydrogen-bond acceptors (Lipinski definition) is 5. The second-order valence-electron chi connectivity index (χ2n) is 11.5. The normalized spacial score (nSPS) is 16.5. The Hall–Kier alpha value is -3.75. The number of likely N-dealkylation sites (tertiary alicyclic amines) is 1. The van der Waals surface area contributed by atoms with Crippen LogP contribution in [0, 0.1) is 0 Å². The molecule has 8 nitrogen and oxygen atoms in total. The standard InChI is InChI=1S/C35H46N4O4/c1-5-39(33(40)25-43-4)32(24-27-17-18-28-14-9-10-15-29(28)22-27)35(42)38(3)31(23-26-12-7-6-8-13-26)34(41)36-20-19-30-16-11-21-37(30)2/h6-10,12-15,17-18,22,30-32H,5,11,16,19-21,23-25H2,1-4H3,(H,36,41)/t30?,31-,32-/m1/s1. The van der Waals surface area contributed by atoms with E-state index in [-0.39, 0.29) is 24.3 Å².